The second-order valence-corrected chi connectivity index (χ2v) is 19.2. The van der Waals surface area contributed by atoms with Gasteiger partial charge in [0.15, 0.2) is 6.54 Å². The topological polar surface area (TPSA) is 3.88 Å². The number of thiazole rings is 1. The van der Waals surface area contributed by atoms with Gasteiger partial charge in [-0.1, -0.05) is 121 Å². The van der Waals surface area contributed by atoms with Gasteiger partial charge < -0.3 is 0 Å². The number of alkyl halides is 24. The Morgan fingerprint density at radius 3 is 0.852 bits per heavy atom. The van der Waals surface area contributed by atoms with Crippen molar-refractivity contribution in [1.29, 1.82) is 0 Å². The van der Waals surface area contributed by atoms with E-state index in [-0.39, 0.29) is 0 Å². The Kier molecular flexibility index (Phi) is 15.1. The zero-order valence-corrected chi connectivity index (χ0v) is 40.5. The smallest absolute Gasteiger partial charge is 0.194 e. The molecule has 0 saturated carbocycles. The summed E-state index contributed by atoms with van der Waals surface area (Å²) in [4.78, 5) is 0. The fourth-order valence-electron chi connectivity index (χ4n) is 9.61. The molecule has 8 aromatic carbocycles. The molecule has 1 nitrogen and oxygen atoms in total. The van der Waals surface area contributed by atoms with Crippen LogP contribution in [0.4, 0.5) is 105 Å². The van der Waals surface area contributed by atoms with Crippen LogP contribution in [0.25, 0.3) is 31.8 Å². The van der Waals surface area contributed by atoms with Crippen molar-refractivity contribution in [2.75, 3.05) is 0 Å². The third kappa shape index (κ3) is 12.4. The van der Waals surface area contributed by atoms with Crippen LogP contribution in [0, 0.1) is 0 Å². The van der Waals surface area contributed by atoms with E-state index in [0.717, 1.165) is 6.54 Å². The van der Waals surface area contributed by atoms with E-state index in [1.165, 1.54) is 37.3 Å². The number of benzene rings is 8. The van der Waals surface area contributed by atoms with Gasteiger partial charge in [0.1, 0.15) is 10.8 Å². The predicted octanol–water partition coefficient (Wildman–Crippen LogP) is 16.8. The summed E-state index contributed by atoms with van der Waals surface area (Å²) in [6.45, 7) is 0.895. The summed E-state index contributed by atoms with van der Waals surface area (Å²) in [6, 6.07) is 19.5. The zero-order chi connectivity index (χ0) is 59.8. The highest BCUT2D eigenvalue weighted by Crippen LogP contribution is 2.42. The first-order valence-electron chi connectivity index (χ1n) is 22.8. The Bertz CT molecular complexity index is 3330. The van der Waals surface area contributed by atoms with Crippen LogP contribution in [0.15, 0.2) is 157 Å². The second kappa shape index (κ2) is 20.5. The van der Waals surface area contributed by atoms with Gasteiger partial charge >= 0.3 is 49.4 Å². The van der Waals surface area contributed by atoms with Crippen LogP contribution in [0.2, 0.25) is 0 Å². The molecule has 0 spiro atoms. The molecule has 426 valence electrons. The van der Waals surface area contributed by atoms with Crippen molar-refractivity contribution in [2.45, 2.75) is 56.0 Å². The maximum atomic E-state index is 14.2. The molecule has 81 heavy (non-hydrogen) atoms. The molecule has 0 amide bonds. The number of halogens is 24. The Morgan fingerprint density at radius 1 is 0.309 bits per heavy atom. The summed E-state index contributed by atoms with van der Waals surface area (Å²) in [5.74, 6) is 0. The molecular formula is C54H28BF24NS. The van der Waals surface area contributed by atoms with E-state index in [1.54, 1.807) is 11.3 Å². The molecule has 0 unspecified atom stereocenters. The SMILES string of the molecule is FC(F)(F)c1cc([B-](c2cc(C(F)(F)F)cc(C(F)(F)F)c2)(c2cc(C(F)(F)F)cc(C(F)(F)F)c2)c2cc(C(F)(F)F)cc(C(F)(F)F)c2)cc(C(F)(F)F)c1.c1ccc2c(C[n+]3csc4ccccc43)c3ccccc3cc2c1. The third-order valence-electron chi connectivity index (χ3n) is 13.1. The predicted molar refractivity (Wildman–Crippen MR) is 253 cm³/mol. The van der Waals surface area contributed by atoms with Crippen molar-refractivity contribution in [3.8, 4) is 0 Å². The van der Waals surface area contributed by atoms with Crippen LogP contribution in [0.1, 0.15) is 50.1 Å². The first-order chi connectivity index (χ1) is 37.2. The molecule has 0 aliphatic carbocycles. The Morgan fingerprint density at radius 2 is 0.568 bits per heavy atom. The molecule has 0 aliphatic heterocycles. The summed E-state index contributed by atoms with van der Waals surface area (Å²) in [5, 5.41) is 5.32. The Balaban J connectivity index is 0.000000292. The summed E-state index contributed by atoms with van der Waals surface area (Å²) in [5.41, 5.74) is -25.3. The van der Waals surface area contributed by atoms with Gasteiger partial charge in [0.25, 0.3) is 0 Å². The zero-order valence-electron chi connectivity index (χ0n) is 39.7. The minimum atomic E-state index is -6.13. The second-order valence-electron chi connectivity index (χ2n) is 18.3. The van der Waals surface area contributed by atoms with Crippen LogP contribution in [0.5, 0.6) is 0 Å². The molecule has 0 aliphatic rings. The average Bonchev–Trinajstić information content (AvgIpc) is 3.59. The van der Waals surface area contributed by atoms with Gasteiger partial charge in [-0.05, 0) is 57.9 Å². The van der Waals surface area contributed by atoms with Gasteiger partial charge in [0.05, 0.1) is 44.5 Å². The lowest BCUT2D eigenvalue weighted by Gasteiger charge is -2.46. The van der Waals surface area contributed by atoms with Gasteiger partial charge in [-0.3, -0.25) is 0 Å². The van der Waals surface area contributed by atoms with E-state index in [0.29, 0.717) is 0 Å². The number of aromatic nitrogens is 1. The number of nitrogens with zero attached hydrogens (tertiary/aromatic N) is 1. The monoisotopic (exact) mass is 1190 g/mol. The largest absolute Gasteiger partial charge is 0.416 e. The molecular weight excluding hydrogens is 1160 g/mol. The van der Waals surface area contributed by atoms with E-state index in [9.17, 15) is 105 Å². The minimum Gasteiger partial charge on any atom is -0.194 e. The van der Waals surface area contributed by atoms with Crippen molar-refractivity contribution in [2.24, 2.45) is 0 Å². The molecule has 0 N–H and O–H groups in total. The standard InChI is InChI=1S/C32H12BF24.C22H16NS/c34-25(35,36)13-1-14(26(37,38)39)6-21(5-13)33(22-7-15(27(40,41)42)2-16(8-22)28(43,44)45,23-9-17(29(46,47)48)3-18(10-23)30(49,50)51)24-11-19(31(52,53)54)4-20(12-24)32(55,56)57;1-3-9-18-16(7-1)13-17-8-2-4-10-19(17)20(18)14-23-15-24-22-12-6-5-11-21(22)23/h1-12H;1-13,15H,14H2/q-1;+1. The first kappa shape index (κ1) is 59.7. The number of fused-ring (bicyclic) bond motifs is 3. The molecule has 27 heteroatoms. The highest BCUT2D eigenvalue weighted by atomic mass is 32.1. The minimum absolute atomic E-state index is 0.691. The third-order valence-corrected chi connectivity index (χ3v) is 14.1. The van der Waals surface area contributed by atoms with Gasteiger partial charge in [0.2, 0.25) is 11.0 Å². The molecule has 1 heterocycles. The van der Waals surface area contributed by atoms with Gasteiger partial charge in [0, 0.05) is 11.6 Å². The van der Waals surface area contributed by atoms with Crippen molar-refractivity contribution >= 4 is 71.1 Å². The summed E-state index contributed by atoms with van der Waals surface area (Å²) >= 11 is 1.81. The molecule has 9 aromatic rings. The molecule has 9 rings (SSSR count). The Labute approximate surface area is 443 Å². The van der Waals surface area contributed by atoms with E-state index in [4.69, 9.17) is 0 Å². The normalized spacial score (nSPS) is 13.5. The van der Waals surface area contributed by atoms with Crippen LogP contribution in [-0.4, -0.2) is 6.15 Å². The van der Waals surface area contributed by atoms with E-state index >= 15 is 0 Å². The van der Waals surface area contributed by atoms with Crippen LogP contribution >= 0.6 is 11.3 Å². The van der Waals surface area contributed by atoms with Crippen molar-refractivity contribution in [3.63, 3.8) is 0 Å². The quantitative estimate of drug-likeness (QED) is 0.0676. The van der Waals surface area contributed by atoms with Crippen LogP contribution in [0.3, 0.4) is 0 Å². The van der Waals surface area contributed by atoms with Crippen molar-refractivity contribution < 1.29 is 110 Å². The van der Waals surface area contributed by atoms with Gasteiger partial charge in [-0.15, -0.1) is 0 Å². The van der Waals surface area contributed by atoms with Crippen LogP contribution < -0.4 is 26.4 Å². The summed E-state index contributed by atoms with van der Waals surface area (Å²) < 4.78 is 345. The lowest BCUT2D eigenvalue weighted by atomic mass is 9.12. The molecule has 0 bridgehead atoms. The maximum Gasteiger partial charge on any atom is 0.416 e. The highest BCUT2D eigenvalue weighted by molar-refractivity contribution is 7.20. The average molecular weight is 1190 g/mol. The maximum absolute atomic E-state index is 14.2. The molecule has 1 aromatic heterocycles. The number of hydrogen-bond donors (Lipinski definition) is 0. The van der Waals surface area contributed by atoms with E-state index in [1.807, 2.05) is 0 Å². The summed E-state index contributed by atoms with van der Waals surface area (Å²) in [6.07, 6.45) is -54.8. The molecule has 0 radical (unpaired) electrons. The van der Waals surface area contributed by atoms with Crippen molar-refractivity contribution in [1.82, 2.24) is 0 Å². The van der Waals surface area contributed by atoms with Crippen molar-refractivity contribution in [3.05, 3.63) is 207 Å². The number of hydrogen-bond acceptors (Lipinski definition) is 1. The van der Waals surface area contributed by atoms with E-state index < -0.39 is 195 Å². The molecule has 0 saturated heterocycles. The highest BCUT2D eigenvalue weighted by Gasteiger charge is 2.47. The number of rotatable bonds is 6. The molecule has 0 atom stereocenters. The fourth-order valence-corrected chi connectivity index (χ4v) is 10.5. The first-order valence-corrected chi connectivity index (χ1v) is 23.6. The van der Waals surface area contributed by atoms with Gasteiger partial charge in [-0.25, -0.2) is 0 Å². The molecule has 0 fully saturated rings. The number of para-hydroxylation sites is 1. The lowest BCUT2D eigenvalue weighted by molar-refractivity contribution is -0.657. The van der Waals surface area contributed by atoms with Gasteiger partial charge in [-0.2, -0.15) is 132 Å². The van der Waals surface area contributed by atoms with Crippen LogP contribution in [-0.2, 0) is 56.0 Å². The Hall–Kier alpha value is -7.45. The summed E-state index contributed by atoms with van der Waals surface area (Å²) in [7, 11) is 0. The fraction of sp³-hybridized carbons (Fsp3) is 0.167. The lowest BCUT2D eigenvalue weighted by Crippen LogP contribution is -2.75. The van der Waals surface area contributed by atoms with E-state index in [2.05, 4.69) is 88.9 Å².